The highest BCUT2D eigenvalue weighted by Gasteiger charge is 2.32. The van der Waals surface area contributed by atoms with Crippen molar-refractivity contribution in [3.05, 3.63) is 12.2 Å². The van der Waals surface area contributed by atoms with Crippen LogP contribution >= 0.6 is 0 Å². The number of carbonyl (C=O) groups excluding carboxylic acids is 1. The second kappa shape index (κ2) is 6.17. The van der Waals surface area contributed by atoms with E-state index in [4.69, 9.17) is 5.11 Å². The highest BCUT2D eigenvalue weighted by Crippen LogP contribution is 2.26. The molecule has 0 spiro atoms. The average Bonchev–Trinajstić information content (AvgIpc) is 3.06. The van der Waals surface area contributed by atoms with Crippen molar-refractivity contribution in [1.82, 2.24) is 25.4 Å². The van der Waals surface area contributed by atoms with Gasteiger partial charge in [-0.25, -0.2) is 9.78 Å². The summed E-state index contributed by atoms with van der Waals surface area (Å²) in [4.78, 5) is 28.1. The monoisotopic (exact) mass is 267 g/mol. The lowest BCUT2D eigenvalue weighted by Crippen LogP contribution is -2.43. The van der Waals surface area contributed by atoms with Gasteiger partial charge in [0, 0.05) is 25.6 Å². The van der Waals surface area contributed by atoms with Crippen LogP contribution in [0.25, 0.3) is 0 Å². The highest BCUT2D eigenvalue weighted by molar-refractivity contribution is 5.76. The molecule has 0 unspecified atom stereocenters. The molecule has 0 radical (unpaired) electrons. The Bertz CT molecular complexity index is 430. The van der Waals surface area contributed by atoms with E-state index in [1.54, 1.807) is 4.90 Å². The molecule has 0 saturated heterocycles. The molecule has 0 aliphatic heterocycles. The lowest BCUT2D eigenvalue weighted by molar-refractivity contribution is -0.137. The molecule has 1 fully saturated rings. The third kappa shape index (κ3) is 4.23. The number of hydrogen-bond donors (Lipinski definition) is 3. The van der Waals surface area contributed by atoms with Crippen LogP contribution in [-0.2, 0) is 11.2 Å². The second-order valence-corrected chi connectivity index (χ2v) is 4.48. The number of rotatable bonds is 7. The average molecular weight is 267 g/mol. The van der Waals surface area contributed by atoms with Crippen molar-refractivity contribution in [2.24, 2.45) is 0 Å². The molecule has 1 aromatic rings. The van der Waals surface area contributed by atoms with Crippen LogP contribution in [0.2, 0.25) is 0 Å². The Kier molecular flexibility index (Phi) is 4.32. The zero-order valence-electron chi connectivity index (χ0n) is 10.5. The van der Waals surface area contributed by atoms with Crippen molar-refractivity contribution in [3.63, 3.8) is 0 Å². The molecule has 8 nitrogen and oxygen atoms in total. The van der Waals surface area contributed by atoms with Gasteiger partial charge in [0.1, 0.15) is 12.2 Å². The molecule has 8 heteroatoms. The van der Waals surface area contributed by atoms with Crippen LogP contribution in [0.3, 0.4) is 0 Å². The lowest BCUT2D eigenvalue weighted by Gasteiger charge is -2.21. The largest absolute Gasteiger partial charge is 0.481 e. The van der Waals surface area contributed by atoms with Crippen molar-refractivity contribution in [3.8, 4) is 0 Å². The Morgan fingerprint density at radius 3 is 2.89 bits per heavy atom. The van der Waals surface area contributed by atoms with E-state index < -0.39 is 5.97 Å². The molecular weight excluding hydrogens is 250 g/mol. The van der Waals surface area contributed by atoms with E-state index in [0.29, 0.717) is 18.8 Å². The minimum atomic E-state index is -0.889. The van der Waals surface area contributed by atoms with Crippen LogP contribution in [0.4, 0.5) is 4.79 Å². The first-order valence-electron chi connectivity index (χ1n) is 6.27. The first-order valence-corrected chi connectivity index (χ1v) is 6.27. The number of aromatic nitrogens is 3. The molecule has 1 heterocycles. The van der Waals surface area contributed by atoms with Gasteiger partial charge >= 0.3 is 12.0 Å². The predicted molar refractivity (Wildman–Crippen MR) is 65.5 cm³/mol. The summed E-state index contributed by atoms with van der Waals surface area (Å²) < 4.78 is 0. The number of nitrogens with zero attached hydrogens (tertiary/aromatic N) is 3. The summed E-state index contributed by atoms with van der Waals surface area (Å²) in [6, 6.07) is -0.00658. The summed E-state index contributed by atoms with van der Waals surface area (Å²) in [5.41, 5.74) is 0. The van der Waals surface area contributed by atoms with Gasteiger partial charge in [0.05, 0.1) is 6.42 Å². The molecule has 0 aromatic carbocycles. The second-order valence-electron chi connectivity index (χ2n) is 4.48. The van der Waals surface area contributed by atoms with E-state index in [-0.39, 0.29) is 25.0 Å². The van der Waals surface area contributed by atoms with Crippen molar-refractivity contribution in [2.75, 3.05) is 13.1 Å². The molecule has 0 bridgehead atoms. The minimum absolute atomic E-state index is 0.0218. The smallest absolute Gasteiger partial charge is 0.317 e. The number of urea groups is 1. The molecule has 1 saturated carbocycles. The van der Waals surface area contributed by atoms with Gasteiger partial charge in [-0.1, -0.05) is 0 Å². The van der Waals surface area contributed by atoms with Gasteiger partial charge in [-0.2, -0.15) is 5.10 Å². The third-order valence-electron chi connectivity index (χ3n) is 2.92. The van der Waals surface area contributed by atoms with E-state index in [1.165, 1.54) is 6.33 Å². The number of carbonyl (C=O) groups is 2. The van der Waals surface area contributed by atoms with Gasteiger partial charge in [-0.15, -0.1) is 0 Å². The SMILES string of the molecule is O=C(O)CCN(C(=O)NCCc1ncn[nH]1)C1CC1. The van der Waals surface area contributed by atoms with Crippen LogP contribution in [0.1, 0.15) is 25.1 Å². The van der Waals surface area contributed by atoms with E-state index >= 15 is 0 Å². The van der Waals surface area contributed by atoms with Gasteiger partial charge in [0.15, 0.2) is 0 Å². The number of amides is 2. The number of aromatic amines is 1. The fourth-order valence-electron chi connectivity index (χ4n) is 1.79. The van der Waals surface area contributed by atoms with Gasteiger partial charge in [-0.05, 0) is 12.8 Å². The molecule has 1 aliphatic carbocycles. The van der Waals surface area contributed by atoms with Crippen molar-refractivity contribution in [2.45, 2.75) is 31.7 Å². The van der Waals surface area contributed by atoms with E-state index in [0.717, 1.165) is 12.8 Å². The number of aliphatic carboxylic acids is 1. The van der Waals surface area contributed by atoms with Crippen LogP contribution in [-0.4, -0.2) is 56.3 Å². The topological polar surface area (TPSA) is 111 Å². The molecule has 104 valence electrons. The van der Waals surface area contributed by atoms with Gasteiger partial charge in [-0.3, -0.25) is 9.89 Å². The molecule has 3 N–H and O–H groups in total. The summed E-state index contributed by atoms with van der Waals surface area (Å²) in [6.45, 7) is 0.707. The van der Waals surface area contributed by atoms with Crippen LogP contribution in [0.5, 0.6) is 0 Å². The van der Waals surface area contributed by atoms with Crippen molar-refractivity contribution < 1.29 is 14.7 Å². The molecular formula is C11H17N5O3. The summed E-state index contributed by atoms with van der Waals surface area (Å²) in [7, 11) is 0. The first-order chi connectivity index (χ1) is 9.16. The Hall–Kier alpha value is -2.12. The summed E-state index contributed by atoms with van der Waals surface area (Å²) in [5.74, 6) is -0.177. The number of H-pyrrole nitrogens is 1. The first kappa shape index (κ1) is 13.3. The number of carboxylic acid groups (broad SMARTS) is 1. The van der Waals surface area contributed by atoms with Crippen molar-refractivity contribution >= 4 is 12.0 Å². The molecule has 19 heavy (non-hydrogen) atoms. The Morgan fingerprint density at radius 1 is 1.53 bits per heavy atom. The fourth-order valence-corrected chi connectivity index (χ4v) is 1.79. The maximum atomic E-state index is 11.9. The zero-order chi connectivity index (χ0) is 13.7. The summed E-state index contributed by atoms with van der Waals surface area (Å²) >= 11 is 0. The Balaban J connectivity index is 1.74. The molecule has 2 rings (SSSR count). The predicted octanol–water partition coefficient (Wildman–Crippen LogP) is -0.00410. The lowest BCUT2D eigenvalue weighted by atomic mass is 10.3. The third-order valence-corrected chi connectivity index (χ3v) is 2.92. The Labute approximate surface area is 110 Å². The minimum Gasteiger partial charge on any atom is -0.481 e. The quantitative estimate of drug-likeness (QED) is 0.643. The molecule has 0 atom stereocenters. The zero-order valence-corrected chi connectivity index (χ0v) is 10.5. The number of carboxylic acids is 1. The van der Waals surface area contributed by atoms with E-state index in [2.05, 4.69) is 20.5 Å². The normalized spacial score (nSPS) is 14.1. The number of hydrogen-bond acceptors (Lipinski definition) is 4. The maximum absolute atomic E-state index is 11.9. The van der Waals surface area contributed by atoms with Crippen LogP contribution in [0.15, 0.2) is 6.33 Å². The summed E-state index contributed by atoms with van der Waals surface area (Å²) in [6.07, 6.45) is 3.88. The standard InChI is InChI=1S/C11H17N5O3/c17-10(18)4-6-16(8-1-2-8)11(19)12-5-3-9-13-7-14-15-9/h7-8H,1-6H2,(H,12,19)(H,17,18)(H,13,14,15). The van der Waals surface area contributed by atoms with E-state index in [1.807, 2.05) is 0 Å². The number of nitrogens with one attached hydrogen (secondary N) is 2. The van der Waals surface area contributed by atoms with Gasteiger partial charge in [0.25, 0.3) is 0 Å². The molecule has 2 amide bonds. The van der Waals surface area contributed by atoms with Crippen molar-refractivity contribution in [1.29, 1.82) is 0 Å². The van der Waals surface area contributed by atoms with Gasteiger partial charge in [0.2, 0.25) is 0 Å². The molecule has 1 aromatic heterocycles. The molecule has 1 aliphatic rings. The summed E-state index contributed by atoms with van der Waals surface area (Å²) in [5, 5.41) is 17.9. The highest BCUT2D eigenvalue weighted by atomic mass is 16.4. The Morgan fingerprint density at radius 2 is 2.32 bits per heavy atom. The van der Waals surface area contributed by atoms with Gasteiger partial charge < -0.3 is 15.3 Å². The van der Waals surface area contributed by atoms with Crippen LogP contribution in [0, 0.1) is 0 Å². The maximum Gasteiger partial charge on any atom is 0.317 e. The van der Waals surface area contributed by atoms with E-state index in [9.17, 15) is 9.59 Å². The van der Waals surface area contributed by atoms with Crippen LogP contribution < -0.4 is 5.32 Å². The fraction of sp³-hybridized carbons (Fsp3) is 0.636.